The molecule has 0 spiro atoms. The van der Waals surface area contributed by atoms with Gasteiger partial charge in [0.25, 0.3) is 0 Å². The van der Waals surface area contributed by atoms with Crippen molar-refractivity contribution in [2.24, 2.45) is 5.73 Å². The SMILES string of the molecule is CCCCCCC(C)NC(=O)C(C)N. The Balaban J connectivity index is 3.45. The molecule has 3 heteroatoms. The highest BCUT2D eigenvalue weighted by atomic mass is 16.2. The Hall–Kier alpha value is -0.570. The first-order chi connectivity index (χ1) is 6.57. The summed E-state index contributed by atoms with van der Waals surface area (Å²) in [4.78, 5) is 11.2. The second-order valence-electron chi connectivity index (χ2n) is 4.05. The lowest BCUT2D eigenvalue weighted by Crippen LogP contribution is -2.42. The number of hydrogen-bond acceptors (Lipinski definition) is 2. The van der Waals surface area contributed by atoms with E-state index in [1.165, 1.54) is 25.7 Å². The van der Waals surface area contributed by atoms with E-state index < -0.39 is 6.04 Å². The van der Waals surface area contributed by atoms with Crippen LogP contribution in [-0.2, 0) is 4.79 Å². The summed E-state index contributed by atoms with van der Waals surface area (Å²) in [6.45, 7) is 5.94. The normalized spacial score (nSPS) is 14.9. The zero-order valence-electron chi connectivity index (χ0n) is 9.68. The third-order valence-corrected chi connectivity index (χ3v) is 2.29. The fourth-order valence-electron chi connectivity index (χ4n) is 1.32. The van der Waals surface area contributed by atoms with Crippen LogP contribution >= 0.6 is 0 Å². The molecular weight excluding hydrogens is 176 g/mol. The predicted octanol–water partition coefficient (Wildman–Crippen LogP) is 1.81. The molecule has 1 amide bonds. The summed E-state index contributed by atoms with van der Waals surface area (Å²) in [5, 5.41) is 2.89. The highest BCUT2D eigenvalue weighted by Gasteiger charge is 2.10. The van der Waals surface area contributed by atoms with Gasteiger partial charge in [-0.25, -0.2) is 0 Å². The van der Waals surface area contributed by atoms with Crippen LogP contribution in [0.1, 0.15) is 52.9 Å². The lowest BCUT2D eigenvalue weighted by molar-refractivity contribution is -0.122. The average molecular weight is 200 g/mol. The van der Waals surface area contributed by atoms with E-state index >= 15 is 0 Å². The summed E-state index contributed by atoms with van der Waals surface area (Å²) in [5.41, 5.74) is 5.45. The fourth-order valence-corrected chi connectivity index (χ4v) is 1.32. The Morgan fingerprint density at radius 1 is 1.29 bits per heavy atom. The van der Waals surface area contributed by atoms with Crippen molar-refractivity contribution in [3.63, 3.8) is 0 Å². The van der Waals surface area contributed by atoms with Crippen LogP contribution < -0.4 is 11.1 Å². The molecule has 0 radical (unpaired) electrons. The smallest absolute Gasteiger partial charge is 0.236 e. The zero-order chi connectivity index (χ0) is 11.0. The highest BCUT2D eigenvalue weighted by Crippen LogP contribution is 2.05. The third-order valence-electron chi connectivity index (χ3n) is 2.29. The quantitative estimate of drug-likeness (QED) is 0.616. The number of amides is 1. The molecule has 0 aliphatic heterocycles. The van der Waals surface area contributed by atoms with Crippen molar-refractivity contribution >= 4 is 5.91 Å². The molecule has 2 atom stereocenters. The van der Waals surface area contributed by atoms with Crippen molar-refractivity contribution in [3.8, 4) is 0 Å². The van der Waals surface area contributed by atoms with E-state index in [-0.39, 0.29) is 11.9 Å². The molecule has 0 aromatic rings. The lowest BCUT2D eigenvalue weighted by atomic mass is 10.1. The van der Waals surface area contributed by atoms with Crippen molar-refractivity contribution in [3.05, 3.63) is 0 Å². The van der Waals surface area contributed by atoms with Crippen molar-refractivity contribution in [1.82, 2.24) is 5.32 Å². The van der Waals surface area contributed by atoms with Gasteiger partial charge in [0.2, 0.25) is 5.91 Å². The van der Waals surface area contributed by atoms with E-state index in [2.05, 4.69) is 12.2 Å². The number of nitrogens with one attached hydrogen (secondary N) is 1. The van der Waals surface area contributed by atoms with E-state index in [1.807, 2.05) is 6.92 Å². The number of unbranched alkanes of at least 4 members (excludes halogenated alkanes) is 3. The monoisotopic (exact) mass is 200 g/mol. The average Bonchev–Trinajstić information content (AvgIpc) is 2.12. The van der Waals surface area contributed by atoms with Gasteiger partial charge < -0.3 is 11.1 Å². The number of hydrogen-bond donors (Lipinski definition) is 2. The molecule has 0 aromatic heterocycles. The van der Waals surface area contributed by atoms with Crippen LogP contribution in [0.4, 0.5) is 0 Å². The van der Waals surface area contributed by atoms with Gasteiger partial charge in [-0.3, -0.25) is 4.79 Å². The summed E-state index contributed by atoms with van der Waals surface area (Å²) in [5.74, 6) is -0.0482. The first kappa shape index (κ1) is 13.4. The summed E-state index contributed by atoms with van der Waals surface area (Å²) < 4.78 is 0. The van der Waals surface area contributed by atoms with E-state index in [0.29, 0.717) is 0 Å². The second kappa shape index (κ2) is 7.80. The fraction of sp³-hybridized carbons (Fsp3) is 0.909. The van der Waals surface area contributed by atoms with Crippen LogP contribution in [0.15, 0.2) is 0 Å². The molecule has 0 aliphatic rings. The maximum absolute atomic E-state index is 11.2. The van der Waals surface area contributed by atoms with Gasteiger partial charge in [-0.05, 0) is 20.3 Å². The number of carbonyl (C=O) groups excluding carboxylic acids is 1. The van der Waals surface area contributed by atoms with Gasteiger partial charge >= 0.3 is 0 Å². The lowest BCUT2D eigenvalue weighted by Gasteiger charge is -2.15. The van der Waals surface area contributed by atoms with Crippen LogP contribution in [-0.4, -0.2) is 18.0 Å². The summed E-state index contributed by atoms with van der Waals surface area (Å²) in [6.07, 6.45) is 6.04. The standard InChI is InChI=1S/C11H24N2O/c1-4-5-6-7-8-9(2)13-11(14)10(3)12/h9-10H,4-8,12H2,1-3H3,(H,13,14). The molecule has 3 N–H and O–H groups in total. The Morgan fingerprint density at radius 2 is 1.93 bits per heavy atom. The van der Waals surface area contributed by atoms with Gasteiger partial charge in [0.05, 0.1) is 6.04 Å². The number of rotatable bonds is 7. The van der Waals surface area contributed by atoms with Crippen LogP contribution in [0.5, 0.6) is 0 Å². The van der Waals surface area contributed by atoms with E-state index in [1.54, 1.807) is 6.92 Å². The van der Waals surface area contributed by atoms with Gasteiger partial charge in [0.15, 0.2) is 0 Å². The molecule has 0 rings (SSSR count). The van der Waals surface area contributed by atoms with E-state index in [9.17, 15) is 4.79 Å². The Kier molecular flexibility index (Phi) is 7.48. The molecule has 0 bridgehead atoms. The topological polar surface area (TPSA) is 55.1 Å². The molecule has 0 fully saturated rings. The zero-order valence-corrected chi connectivity index (χ0v) is 9.68. The van der Waals surface area contributed by atoms with Crippen molar-refractivity contribution < 1.29 is 4.79 Å². The highest BCUT2D eigenvalue weighted by molar-refractivity contribution is 5.81. The summed E-state index contributed by atoms with van der Waals surface area (Å²) in [6, 6.07) is -0.140. The van der Waals surface area contributed by atoms with Crippen LogP contribution in [0.2, 0.25) is 0 Å². The summed E-state index contributed by atoms with van der Waals surface area (Å²) in [7, 11) is 0. The van der Waals surface area contributed by atoms with Crippen molar-refractivity contribution in [2.45, 2.75) is 65.0 Å². The Bertz CT molecular complexity index is 157. The second-order valence-corrected chi connectivity index (χ2v) is 4.05. The van der Waals surface area contributed by atoms with Gasteiger partial charge in [-0.15, -0.1) is 0 Å². The van der Waals surface area contributed by atoms with Gasteiger partial charge in [-0.1, -0.05) is 32.6 Å². The number of carbonyl (C=O) groups is 1. The minimum atomic E-state index is -0.395. The minimum Gasteiger partial charge on any atom is -0.352 e. The molecule has 14 heavy (non-hydrogen) atoms. The first-order valence-corrected chi connectivity index (χ1v) is 5.63. The minimum absolute atomic E-state index is 0.0482. The molecule has 0 aromatic carbocycles. The summed E-state index contributed by atoms with van der Waals surface area (Å²) >= 11 is 0. The largest absolute Gasteiger partial charge is 0.352 e. The molecule has 0 saturated carbocycles. The number of nitrogens with two attached hydrogens (primary N) is 1. The Labute approximate surface area is 87.4 Å². The van der Waals surface area contributed by atoms with E-state index in [4.69, 9.17) is 5.73 Å². The van der Waals surface area contributed by atoms with Crippen LogP contribution in [0.25, 0.3) is 0 Å². The van der Waals surface area contributed by atoms with Crippen molar-refractivity contribution in [1.29, 1.82) is 0 Å². The van der Waals surface area contributed by atoms with E-state index in [0.717, 1.165) is 6.42 Å². The van der Waals surface area contributed by atoms with Gasteiger partial charge in [0.1, 0.15) is 0 Å². The molecule has 84 valence electrons. The van der Waals surface area contributed by atoms with Crippen LogP contribution in [0.3, 0.4) is 0 Å². The van der Waals surface area contributed by atoms with Crippen molar-refractivity contribution in [2.75, 3.05) is 0 Å². The molecule has 2 unspecified atom stereocenters. The predicted molar refractivity (Wildman–Crippen MR) is 60.0 cm³/mol. The first-order valence-electron chi connectivity index (χ1n) is 5.63. The maximum Gasteiger partial charge on any atom is 0.236 e. The molecule has 0 heterocycles. The molecule has 3 nitrogen and oxygen atoms in total. The molecule has 0 aliphatic carbocycles. The molecular formula is C11H24N2O. The van der Waals surface area contributed by atoms with Crippen LogP contribution in [0, 0.1) is 0 Å². The third kappa shape index (κ3) is 6.89. The maximum atomic E-state index is 11.2. The molecule has 0 saturated heterocycles. The van der Waals surface area contributed by atoms with Gasteiger partial charge in [0, 0.05) is 6.04 Å². The Morgan fingerprint density at radius 3 is 2.43 bits per heavy atom. The van der Waals surface area contributed by atoms with Gasteiger partial charge in [-0.2, -0.15) is 0 Å².